The molecule has 0 saturated carbocycles. The van der Waals surface area contributed by atoms with Gasteiger partial charge in [0.1, 0.15) is 5.84 Å². The van der Waals surface area contributed by atoms with E-state index in [9.17, 15) is 0 Å². The van der Waals surface area contributed by atoms with Crippen LogP contribution in [0.2, 0.25) is 0 Å². The maximum Gasteiger partial charge on any atom is 0.125 e. The second kappa shape index (κ2) is 5.35. The molecule has 1 aromatic heterocycles. The van der Waals surface area contributed by atoms with Gasteiger partial charge < -0.3 is 15.5 Å². The summed E-state index contributed by atoms with van der Waals surface area (Å²) in [6.45, 7) is 2.23. The molecule has 5 heteroatoms. The predicted molar refractivity (Wildman–Crippen MR) is 74.2 cm³/mol. The third-order valence-electron chi connectivity index (χ3n) is 3.71. The summed E-state index contributed by atoms with van der Waals surface area (Å²) >= 11 is 0. The van der Waals surface area contributed by atoms with E-state index >= 15 is 0 Å². The molecule has 18 heavy (non-hydrogen) atoms. The van der Waals surface area contributed by atoms with Gasteiger partial charge in [0.25, 0.3) is 0 Å². The molecule has 0 radical (unpaired) electrons. The van der Waals surface area contributed by atoms with Gasteiger partial charge >= 0.3 is 0 Å². The second-order valence-corrected chi connectivity index (χ2v) is 4.95. The van der Waals surface area contributed by atoms with Crippen molar-refractivity contribution in [1.29, 1.82) is 5.41 Å². The predicted octanol–water partition coefficient (Wildman–Crippen LogP) is 0.896. The van der Waals surface area contributed by atoms with Crippen LogP contribution in [0.1, 0.15) is 18.4 Å². The first-order valence-corrected chi connectivity index (χ1v) is 6.29. The Kier molecular flexibility index (Phi) is 3.81. The topological polar surface area (TPSA) is 69.2 Å². The Labute approximate surface area is 108 Å². The molecule has 5 nitrogen and oxygen atoms in total. The van der Waals surface area contributed by atoms with Crippen LogP contribution >= 0.6 is 0 Å². The molecule has 1 fully saturated rings. The Morgan fingerprint density at radius 3 is 2.78 bits per heavy atom. The first-order valence-electron chi connectivity index (χ1n) is 6.29. The number of likely N-dealkylation sites (tertiary alicyclic amines) is 1. The molecule has 0 unspecified atom stereocenters. The van der Waals surface area contributed by atoms with Crippen molar-refractivity contribution < 1.29 is 0 Å². The third-order valence-corrected chi connectivity index (χ3v) is 3.71. The second-order valence-electron chi connectivity index (χ2n) is 4.95. The van der Waals surface area contributed by atoms with Crippen LogP contribution in [0.15, 0.2) is 18.5 Å². The first-order chi connectivity index (χ1) is 8.59. The van der Waals surface area contributed by atoms with E-state index in [2.05, 4.69) is 28.9 Å². The van der Waals surface area contributed by atoms with E-state index in [-0.39, 0.29) is 5.84 Å². The molecule has 1 aliphatic rings. The molecule has 1 saturated heterocycles. The number of nitrogens with two attached hydrogens (primary N) is 1. The van der Waals surface area contributed by atoms with Crippen molar-refractivity contribution in [3.05, 3.63) is 24.0 Å². The number of rotatable bonds is 3. The van der Waals surface area contributed by atoms with Crippen molar-refractivity contribution in [2.24, 2.45) is 5.73 Å². The lowest BCUT2D eigenvalue weighted by Crippen LogP contribution is -2.42. The van der Waals surface area contributed by atoms with Gasteiger partial charge in [-0.1, -0.05) is 0 Å². The monoisotopic (exact) mass is 247 g/mol. The van der Waals surface area contributed by atoms with Crippen LogP contribution in [-0.4, -0.2) is 48.9 Å². The molecule has 2 heterocycles. The van der Waals surface area contributed by atoms with E-state index in [0.717, 1.165) is 37.2 Å². The van der Waals surface area contributed by atoms with Gasteiger partial charge in [0.2, 0.25) is 0 Å². The maximum absolute atomic E-state index is 7.63. The number of aromatic nitrogens is 1. The zero-order valence-corrected chi connectivity index (χ0v) is 11.1. The van der Waals surface area contributed by atoms with E-state index in [1.165, 1.54) is 0 Å². The largest absolute Gasteiger partial charge is 0.384 e. The lowest BCUT2D eigenvalue weighted by Gasteiger charge is -2.36. The normalized spacial score (nSPS) is 17.7. The molecule has 98 valence electrons. The average Bonchev–Trinajstić information content (AvgIpc) is 2.39. The number of nitrogens with one attached hydrogen (secondary N) is 1. The van der Waals surface area contributed by atoms with E-state index in [4.69, 9.17) is 11.1 Å². The highest BCUT2D eigenvalue weighted by atomic mass is 15.2. The zero-order chi connectivity index (χ0) is 13.1. The Morgan fingerprint density at radius 2 is 2.17 bits per heavy atom. The maximum atomic E-state index is 7.63. The van der Waals surface area contributed by atoms with Crippen LogP contribution in [-0.2, 0) is 0 Å². The standard InChI is InChI=1S/C13H21N5/c1-17-7-4-10(5-8-17)18(2)12-9-16-6-3-11(12)13(14)15/h3,6,9-10H,4-5,7-8H2,1-2H3,(H3,14,15). The van der Waals surface area contributed by atoms with Crippen molar-refractivity contribution in [2.45, 2.75) is 18.9 Å². The molecular weight excluding hydrogens is 226 g/mol. The molecule has 0 spiro atoms. The molecule has 0 amide bonds. The van der Waals surface area contributed by atoms with Crippen molar-refractivity contribution in [3.63, 3.8) is 0 Å². The summed E-state index contributed by atoms with van der Waals surface area (Å²) in [7, 11) is 4.22. The third kappa shape index (κ3) is 2.61. The van der Waals surface area contributed by atoms with Gasteiger partial charge in [-0.3, -0.25) is 10.4 Å². The van der Waals surface area contributed by atoms with E-state index in [0.29, 0.717) is 6.04 Å². The summed E-state index contributed by atoms with van der Waals surface area (Å²) in [4.78, 5) is 8.72. The van der Waals surface area contributed by atoms with Crippen LogP contribution < -0.4 is 10.6 Å². The van der Waals surface area contributed by atoms with Gasteiger partial charge in [0.05, 0.1) is 11.9 Å². The summed E-state index contributed by atoms with van der Waals surface area (Å²) < 4.78 is 0. The van der Waals surface area contributed by atoms with Crippen LogP contribution in [0.3, 0.4) is 0 Å². The van der Waals surface area contributed by atoms with Crippen LogP contribution in [0.5, 0.6) is 0 Å². The van der Waals surface area contributed by atoms with Gasteiger partial charge in [0, 0.05) is 24.8 Å². The van der Waals surface area contributed by atoms with E-state index in [1.807, 2.05) is 6.07 Å². The number of amidine groups is 1. The molecule has 2 rings (SSSR count). The number of anilines is 1. The quantitative estimate of drug-likeness (QED) is 0.615. The van der Waals surface area contributed by atoms with Crippen molar-refractivity contribution in [2.75, 3.05) is 32.1 Å². The van der Waals surface area contributed by atoms with Crippen LogP contribution in [0.4, 0.5) is 5.69 Å². The Hall–Kier alpha value is -1.62. The number of piperidine rings is 1. The first kappa shape index (κ1) is 12.8. The zero-order valence-electron chi connectivity index (χ0n) is 11.1. The molecule has 0 aliphatic carbocycles. The highest BCUT2D eigenvalue weighted by Crippen LogP contribution is 2.24. The number of nitrogens with zero attached hydrogens (tertiary/aromatic N) is 3. The number of nitrogen functional groups attached to an aromatic ring is 1. The fourth-order valence-corrected chi connectivity index (χ4v) is 2.47. The minimum Gasteiger partial charge on any atom is -0.384 e. The molecular formula is C13H21N5. The Balaban J connectivity index is 2.18. The average molecular weight is 247 g/mol. The molecule has 1 aromatic rings. The summed E-state index contributed by atoms with van der Waals surface area (Å²) in [6, 6.07) is 2.31. The van der Waals surface area contributed by atoms with Gasteiger partial charge in [-0.05, 0) is 39.0 Å². The lowest BCUT2D eigenvalue weighted by atomic mass is 10.0. The SMILES string of the molecule is CN1CCC(N(C)c2cnccc2C(=N)N)CC1. The highest BCUT2D eigenvalue weighted by molar-refractivity contribution is 6.00. The number of pyridine rings is 1. The van der Waals surface area contributed by atoms with E-state index < -0.39 is 0 Å². The fourth-order valence-electron chi connectivity index (χ4n) is 2.47. The minimum absolute atomic E-state index is 0.104. The van der Waals surface area contributed by atoms with Crippen LogP contribution in [0.25, 0.3) is 0 Å². The van der Waals surface area contributed by atoms with Crippen molar-refractivity contribution in [3.8, 4) is 0 Å². The summed E-state index contributed by atoms with van der Waals surface area (Å²) in [5.41, 5.74) is 7.35. The number of hydrogen-bond acceptors (Lipinski definition) is 4. The summed E-state index contributed by atoms with van der Waals surface area (Å²) in [6.07, 6.45) is 5.76. The Morgan fingerprint density at radius 1 is 1.50 bits per heavy atom. The summed E-state index contributed by atoms with van der Waals surface area (Å²) in [5.74, 6) is 0.104. The lowest BCUT2D eigenvalue weighted by molar-refractivity contribution is 0.253. The summed E-state index contributed by atoms with van der Waals surface area (Å²) in [5, 5.41) is 7.63. The van der Waals surface area contributed by atoms with Crippen molar-refractivity contribution in [1.82, 2.24) is 9.88 Å². The van der Waals surface area contributed by atoms with Gasteiger partial charge in [-0.2, -0.15) is 0 Å². The molecule has 0 aromatic carbocycles. The van der Waals surface area contributed by atoms with Gasteiger partial charge in [0.15, 0.2) is 0 Å². The molecule has 3 N–H and O–H groups in total. The molecule has 1 aliphatic heterocycles. The van der Waals surface area contributed by atoms with Gasteiger partial charge in [-0.25, -0.2) is 0 Å². The highest BCUT2D eigenvalue weighted by Gasteiger charge is 2.22. The Bertz CT molecular complexity index is 423. The molecule has 0 atom stereocenters. The minimum atomic E-state index is 0.104. The van der Waals surface area contributed by atoms with Gasteiger partial charge in [-0.15, -0.1) is 0 Å². The molecule has 0 bridgehead atoms. The van der Waals surface area contributed by atoms with Crippen molar-refractivity contribution >= 4 is 11.5 Å². The number of hydrogen-bond donors (Lipinski definition) is 2. The fraction of sp³-hybridized carbons (Fsp3) is 0.538. The smallest absolute Gasteiger partial charge is 0.125 e. The van der Waals surface area contributed by atoms with E-state index in [1.54, 1.807) is 12.4 Å². The van der Waals surface area contributed by atoms with Crippen LogP contribution in [0, 0.1) is 5.41 Å².